The van der Waals surface area contributed by atoms with Crippen LogP contribution in [-0.2, 0) is 15.6 Å². The van der Waals surface area contributed by atoms with Crippen molar-refractivity contribution in [2.45, 2.75) is 64.3 Å². The molecule has 2 nitrogen and oxygen atoms in total. The molecule has 0 aliphatic heterocycles. The fraction of sp³-hybridized carbons (Fsp3) is 0.588. The Bertz CT molecular complexity index is 366. The van der Waals surface area contributed by atoms with Crippen molar-refractivity contribution in [3.63, 3.8) is 0 Å². The van der Waals surface area contributed by atoms with Crippen LogP contribution in [0.1, 0.15) is 39.2 Å². The van der Waals surface area contributed by atoms with Gasteiger partial charge >= 0.3 is 0 Å². The van der Waals surface area contributed by atoms with Crippen LogP contribution in [0, 0.1) is 0 Å². The van der Waals surface area contributed by atoms with Gasteiger partial charge in [-0.2, -0.15) is 0 Å². The number of carbonyl (C=O) groups excluding carboxylic acids is 1. The predicted molar refractivity (Wildman–Crippen MR) is 87.5 cm³/mol. The van der Waals surface area contributed by atoms with E-state index < -0.39 is 8.32 Å². The molecular weight excluding hydrogens is 264 g/mol. The maximum absolute atomic E-state index is 10.9. The molecule has 3 heteroatoms. The highest BCUT2D eigenvalue weighted by molar-refractivity contribution is 6.73. The van der Waals surface area contributed by atoms with Crippen molar-refractivity contribution in [1.82, 2.24) is 0 Å². The Hall–Kier alpha value is -0.933. The lowest BCUT2D eigenvalue weighted by molar-refractivity contribution is -0.109. The monoisotopic (exact) mass is 292 g/mol. The fourth-order valence-corrected chi connectivity index (χ4v) is 5.58. The van der Waals surface area contributed by atoms with Gasteiger partial charge in [0.2, 0.25) is 0 Å². The first-order valence-electron chi connectivity index (χ1n) is 7.85. The molecule has 0 unspecified atom stereocenters. The van der Waals surface area contributed by atoms with E-state index in [0.717, 1.165) is 37.3 Å². The molecule has 1 aromatic carbocycles. The summed E-state index contributed by atoms with van der Waals surface area (Å²) in [4.78, 5) is 10.9. The first-order valence-corrected chi connectivity index (χ1v) is 10.4. The van der Waals surface area contributed by atoms with Gasteiger partial charge in [0, 0.05) is 6.42 Å². The van der Waals surface area contributed by atoms with Crippen molar-refractivity contribution >= 4 is 14.6 Å². The molecule has 0 radical (unpaired) electrons. The highest BCUT2D eigenvalue weighted by Gasteiger charge is 2.31. The highest BCUT2D eigenvalue weighted by atomic mass is 28.4. The maximum atomic E-state index is 10.9. The minimum atomic E-state index is -1.61. The molecule has 112 valence electrons. The minimum Gasteiger partial charge on any atom is -0.414 e. The van der Waals surface area contributed by atoms with E-state index in [1.165, 1.54) is 5.56 Å². The van der Waals surface area contributed by atoms with Crippen LogP contribution in [0.15, 0.2) is 30.3 Å². The standard InChI is InChI=1S/C17H28O2Si/c1-4-20(5-2,6-3)19-17(14-15-18)13-12-16-10-8-7-9-11-16/h7-11,15,17H,4-6,12-14H2,1-3H3/t17-/m1/s1. The molecule has 0 aliphatic rings. The summed E-state index contributed by atoms with van der Waals surface area (Å²) in [5, 5.41) is 0. The van der Waals surface area contributed by atoms with Crippen LogP contribution in [0.4, 0.5) is 0 Å². The summed E-state index contributed by atoms with van der Waals surface area (Å²) in [6.07, 6.45) is 3.56. The zero-order chi connectivity index (χ0) is 14.8. The molecule has 0 aromatic heterocycles. The van der Waals surface area contributed by atoms with Crippen LogP contribution >= 0.6 is 0 Å². The van der Waals surface area contributed by atoms with Crippen LogP contribution in [0.2, 0.25) is 18.1 Å². The van der Waals surface area contributed by atoms with E-state index >= 15 is 0 Å². The van der Waals surface area contributed by atoms with E-state index in [2.05, 4.69) is 45.0 Å². The Morgan fingerprint density at radius 3 is 2.20 bits per heavy atom. The fourth-order valence-electron chi connectivity index (χ4n) is 2.66. The summed E-state index contributed by atoms with van der Waals surface area (Å²) >= 11 is 0. The van der Waals surface area contributed by atoms with Gasteiger partial charge in [0.05, 0.1) is 6.10 Å². The van der Waals surface area contributed by atoms with Gasteiger partial charge in [-0.3, -0.25) is 0 Å². The molecule has 0 heterocycles. The number of aryl methyl sites for hydroxylation is 1. The molecule has 0 amide bonds. The number of carbonyl (C=O) groups is 1. The Kier molecular flexibility index (Phi) is 7.78. The van der Waals surface area contributed by atoms with Crippen molar-refractivity contribution in [2.24, 2.45) is 0 Å². The third-order valence-electron chi connectivity index (χ3n) is 4.31. The molecule has 0 aliphatic carbocycles. The van der Waals surface area contributed by atoms with Gasteiger partial charge < -0.3 is 9.22 Å². The summed E-state index contributed by atoms with van der Waals surface area (Å²) in [7, 11) is -1.61. The number of hydrogen-bond acceptors (Lipinski definition) is 2. The average molecular weight is 292 g/mol. The molecule has 0 fully saturated rings. The topological polar surface area (TPSA) is 26.3 Å². The van der Waals surface area contributed by atoms with Crippen LogP contribution < -0.4 is 0 Å². The second kappa shape index (κ2) is 9.09. The van der Waals surface area contributed by atoms with E-state index in [0.29, 0.717) is 6.42 Å². The smallest absolute Gasteiger partial charge is 0.192 e. The van der Waals surface area contributed by atoms with Gasteiger partial charge in [-0.1, -0.05) is 51.1 Å². The van der Waals surface area contributed by atoms with E-state index in [4.69, 9.17) is 4.43 Å². The van der Waals surface area contributed by atoms with Crippen molar-refractivity contribution in [3.8, 4) is 0 Å². The first-order chi connectivity index (χ1) is 9.69. The summed E-state index contributed by atoms with van der Waals surface area (Å²) < 4.78 is 6.46. The van der Waals surface area contributed by atoms with Gasteiger partial charge in [0.25, 0.3) is 0 Å². The van der Waals surface area contributed by atoms with Crippen molar-refractivity contribution in [3.05, 3.63) is 35.9 Å². The molecule has 1 atom stereocenters. The van der Waals surface area contributed by atoms with Crippen LogP contribution in [0.5, 0.6) is 0 Å². The van der Waals surface area contributed by atoms with Gasteiger partial charge in [0.15, 0.2) is 8.32 Å². The molecular formula is C17H28O2Si. The molecule has 1 aromatic rings. The summed E-state index contributed by atoms with van der Waals surface area (Å²) in [5.41, 5.74) is 1.32. The zero-order valence-electron chi connectivity index (χ0n) is 13.1. The number of aldehydes is 1. The second-order valence-electron chi connectivity index (χ2n) is 5.41. The normalized spacial score (nSPS) is 13.2. The Labute approximate surface area is 124 Å². The minimum absolute atomic E-state index is 0.0965. The number of hydrogen-bond donors (Lipinski definition) is 0. The van der Waals surface area contributed by atoms with Crippen molar-refractivity contribution in [2.75, 3.05) is 0 Å². The van der Waals surface area contributed by atoms with Crippen LogP contribution in [-0.4, -0.2) is 20.7 Å². The summed E-state index contributed by atoms with van der Waals surface area (Å²) in [6.45, 7) is 6.69. The Morgan fingerprint density at radius 2 is 1.70 bits per heavy atom. The SMILES string of the molecule is CC[Si](CC)(CC)O[C@@H](CC=O)CCc1ccccc1. The quantitative estimate of drug-likeness (QED) is 0.465. The second-order valence-corrected chi connectivity index (χ2v) is 10.1. The average Bonchev–Trinajstić information content (AvgIpc) is 2.51. The molecule has 0 spiro atoms. The first kappa shape index (κ1) is 17.1. The van der Waals surface area contributed by atoms with Gasteiger partial charge in [0.1, 0.15) is 6.29 Å². The van der Waals surface area contributed by atoms with E-state index in [-0.39, 0.29) is 6.10 Å². The maximum Gasteiger partial charge on any atom is 0.192 e. The van der Waals surface area contributed by atoms with E-state index in [1.54, 1.807) is 0 Å². The largest absolute Gasteiger partial charge is 0.414 e. The molecule has 0 saturated heterocycles. The molecule has 0 bridgehead atoms. The highest BCUT2D eigenvalue weighted by Crippen LogP contribution is 2.25. The van der Waals surface area contributed by atoms with Crippen molar-refractivity contribution < 1.29 is 9.22 Å². The van der Waals surface area contributed by atoms with Crippen molar-refractivity contribution in [1.29, 1.82) is 0 Å². The van der Waals surface area contributed by atoms with E-state index in [1.807, 2.05) is 6.07 Å². The van der Waals surface area contributed by atoms with E-state index in [9.17, 15) is 4.79 Å². The molecule has 0 saturated carbocycles. The zero-order valence-corrected chi connectivity index (χ0v) is 14.1. The van der Waals surface area contributed by atoms with Crippen LogP contribution in [0.3, 0.4) is 0 Å². The predicted octanol–water partition coefficient (Wildman–Crippen LogP) is 4.60. The number of benzene rings is 1. The molecule has 20 heavy (non-hydrogen) atoms. The molecule has 0 N–H and O–H groups in total. The van der Waals surface area contributed by atoms with Gasteiger partial charge in [-0.15, -0.1) is 0 Å². The summed E-state index contributed by atoms with van der Waals surface area (Å²) in [6, 6.07) is 13.9. The lowest BCUT2D eigenvalue weighted by atomic mass is 10.1. The molecule has 1 rings (SSSR count). The van der Waals surface area contributed by atoms with Gasteiger partial charge in [-0.05, 0) is 36.5 Å². The Balaban J connectivity index is 2.61. The lowest BCUT2D eigenvalue weighted by Crippen LogP contribution is -2.40. The van der Waals surface area contributed by atoms with Crippen LogP contribution in [0.25, 0.3) is 0 Å². The number of rotatable bonds is 10. The lowest BCUT2D eigenvalue weighted by Gasteiger charge is -2.32. The van der Waals surface area contributed by atoms with Gasteiger partial charge in [-0.25, -0.2) is 0 Å². The Morgan fingerprint density at radius 1 is 1.10 bits per heavy atom. The summed E-state index contributed by atoms with van der Waals surface area (Å²) in [5.74, 6) is 0. The third kappa shape index (κ3) is 5.21. The third-order valence-corrected chi connectivity index (χ3v) is 9.01.